The monoisotopic (exact) mass is 288 g/mol. The Balaban J connectivity index is 1.81. The molecule has 1 aromatic heterocycles. The predicted octanol–water partition coefficient (Wildman–Crippen LogP) is 4.08. The zero-order valence-electron chi connectivity index (χ0n) is 13.6. The van der Waals surface area contributed by atoms with E-state index in [1.807, 2.05) is 0 Å². The molecule has 3 rings (SSSR count). The molecule has 0 saturated heterocycles. The fourth-order valence-electron chi connectivity index (χ4n) is 3.15. The van der Waals surface area contributed by atoms with Gasteiger partial charge in [0.2, 0.25) is 0 Å². The van der Waals surface area contributed by atoms with Gasteiger partial charge in [-0.05, 0) is 51.4 Å². The molecule has 1 heterocycles. The highest BCUT2D eigenvalue weighted by atomic mass is 15.1. The first-order valence-corrected chi connectivity index (χ1v) is 8.56. The number of nitrogens with zero attached hydrogens (tertiary/aromatic N) is 2. The number of hydrogen-bond acceptors (Lipinski definition) is 4. The van der Waals surface area contributed by atoms with Crippen LogP contribution >= 0.6 is 0 Å². The fourth-order valence-corrected chi connectivity index (χ4v) is 3.15. The van der Waals surface area contributed by atoms with E-state index in [4.69, 9.17) is 9.97 Å². The quantitative estimate of drug-likeness (QED) is 0.828. The summed E-state index contributed by atoms with van der Waals surface area (Å²) >= 11 is 0. The minimum absolute atomic E-state index is 0.583. The van der Waals surface area contributed by atoms with Crippen molar-refractivity contribution >= 4 is 11.6 Å². The lowest BCUT2D eigenvalue weighted by atomic mass is 10.1. The topological polar surface area (TPSA) is 49.8 Å². The summed E-state index contributed by atoms with van der Waals surface area (Å²) in [5.41, 5.74) is 1.17. The van der Waals surface area contributed by atoms with E-state index in [2.05, 4.69) is 31.4 Å². The normalized spacial score (nSPS) is 25.1. The molecule has 2 aliphatic rings. The van der Waals surface area contributed by atoms with Crippen LogP contribution in [0.3, 0.4) is 0 Å². The van der Waals surface area contributed by atoms with Crippen molar-refractivity contribution in [3.63, 3.8) is 0 Å². The maximum absolute atomic E-state index is 4.83. The lowest BCUT2D eigenvalue weighted by Crippen LogP contribution is -2.19. The summed E-state index contributed by atoms with van der Waals surface area (Å²) in [5, 5.41) is 7.16. The molecule has 0 aliphatic heterocycles. The molecule has 0 amide bonds. The van der Waals surface area contributed by atoms with Crippen molar-refractivity contribution in [3.8, 4) is 0 Å². The minimum atomic E-state index is 0.583. The van der Waals surface area contributed by atoms with E-state index in [0.29, 0.717) is 12.0 Å². The standard InChI is InChI=1S/C17H28N4/c1-4-9-18-15-12(3)16(19-14-8-5-11(2)10-14)21-17(20-15)13-6-7-13/h11,13-14H,4-10H2,1-3H3,(H2,18,19,20,21). The molecule has 0 bridgehead atoms. The van der Waals surface area contributed by atoms with Crippen molar-refractivity contribution in [2.75, 3.05) is 17.2 Å². The van der Waals surface area contributed by atoms with Gasteiger partial charge in [-0.2, -0.15) is 0 Å². The van der Waals surface area contributed by atoms with Gasteiger partial charge in [0.15, 0.2) is 0 Å². The van der Waals surface area contributed by atoms with Crippen molar-refractivity contribution in [1.29, 1.82) is 0 Å². The van der Waals surface area contributed by atoms with Gasteiger partial charge in [0.1, 0.15) is 17.5 Å². The Morgan fingerprint density at radius 2 is 1.86 bits per heavy atom. The zero-order chi connectivity index (χ0) is 14.8. The van der Waals surface area contributed by atoms with Gasteiger partial charge in [0.05, 0.1) is 0 Å². The summed E-state index contributed by atoms with van der Waals surface area (Å²) < 4.78 is 0. The number of rotatable bonds is 6. The van der Waals surface area contributed by atoms with Gasteiger partial charge >= 0.3 is 0 Å². The first-order valence-electron chi connectivity index (χ1n) is 8.56. The van der Waals surface area contributed by atoms with E-state index in [0.717, 1.165) is 36.3 Å². The Morgan fingerprint density at radius 3 is 2.48 bits per heavy atom. The molecule has 2 fully saturated rings. The SMILES string of the molecule is CCCNc1nc(C2CC2)nc(NC2CCC(C)C2)c1C. The van der Waals surface area contributed by atoms with E-state index in [1.54, 1.807) is 0 Å². The Kier molecular flexibility index (Phi) is 4.32. The van der Waals surface area contributed by atoms with Crippen LogP contribution in [0.1, 0.15) is 69.7 Å². The summed E-state index contributed by atoms with van der Waals surface area (Å²) in [6, 6.07) is 0.583. The third-order valence-electron chi connectivity index (χ3n) is 4.68. The molecule has 2 saturated carbocycles. The molecule has 2 atom stereocenters. The van der Waals surface area contributed by atoms with Gasteiger partial charge in [-0.1, -0.05) is 13.8 Å². The molecule has 116 valence electrons. The van der Waals surface area contributed by atoms with Gasteiger partial charge in [-0.25, -0.2) is 9.97 Å². The number of hydrogen-bond donors (Lipinski definition) is 2. The van der Waals surface area contributed by atoms with Crippen LogP contribution in [0.5, 0.6) is 0 Å². The van der Waals surface area contributed by atoms with Crippen LogP contribution in [0, 0.1) is 12.8 Å². The van der Waals surface area contributed by atoms with Crippen LogP contribution in [0.15, 0.2) is 0 Å². The maximum Gasteiger partial charge on any atom is 0.136 e. The lowest BCUT2D eigenvalue weighted by molar-refractivity contribution is 0.602. The van der Waals surface area contributed by atoms with Gasteiger partial charge < -0.3 is 10.6 Å². The molecule has 2 N–H and O–H groups in total. The van der Waals surface area contributed by atoms with Gasteiger partial charge in [-0.3, -0.25) is 0 Å². The van der Waals surface area contributed by atoms with Crippen LogP contribution in [0.2, 0.25) is 0 Å². The summed E-state index contributed by atoms with van der Waals surface area (Å²) in [7, 11) is 0. The molecule has 4 heteroatoms. The third-order valence-corrected chi connectivity index (χ3v) is 4.68. The Labute approximate surface area is 128 Å². The predicted molar refractivity (Wildman–Crippen MR) is 88.0 cm³/mol. The highest BCUT2D eigenvalue weighted by molar-refractivity contribution is 5.58. The average molecular weight is 288 g/mol. The van der Waals surface area contributed by atoms with Crippen molar-refractivity contribution in [2.45, 2.75) is 71.3 Å². The van der Waals surface area contributed by atoms with Crippen molar-refractivity contribution in [2.24, 2.45) is 5.92 Å². The Morgan fingerprint density at radius 1 is 1.10 bits per heavy atom. The number of nitrogens with one attached hydrogen (secondary N) is 2. The second kappa shape index (κ2) is 6.20. The zero-order valence-corrected chi connectivity index (χ0v) is 13.6. The van der Waals surface area contributed by atoms with E-state index in [9.17, 15) is 0 Å². The smallest absolute Gasteiger partial charge is 0.136 e. The van der Waals surface area contributed by atoms with E-state index >= 15 is 0 Å². The van der Waals surface area contributed by atoms with E-state index in [-0.39, 0.29) is 0 Å². The second-order valence-corrected chi connectivity index (χ2v) is 6.86. The molecule has 4 nitrogen and oxygen atoms in total. The molecule has 2 unspecified atom stereocenters. The van der Waals surface area contributed by atoms with Gasteiger partial charge in [-0.15, -0.1) is 0 Å². The van der Waals surface area contributed by atoms with Crippen LogP contribution < -0.4 is 10.6 Å². The van der Waals surface area contributed by atoms with Gasteiger partial charge in [0, 0.05) is 24.1 Å². The van der Waals surface area contributed by atoms with E-state index < -0.39 is 0 Å². The minimum Gasteiger partial charge on any atom is -0.370 e. The summed E-state index contributed by atoms with van der Waals surface area (Å²) in [4.78, 5) is 9.59. The van der Waals surface area contributed by atoms with Crippen molar-refractivity contribution < 1.29 is 0 Å². The molecular formula is C17H28N4. The van der Waals surface area contributed by atoms with Crippen molar-refractivity contribution in [3.05, 3.63) is 11.4 Å². The Hall–Kier alpha value is -1.32. The lowest BCUT2D eigenvalue weighted by Gasteiger charge is -2.18. The molecular weight excluding hydrogens is 260 g/mol. The first-order chi connectivity index (χ1) is 10.2. The maximum atomic E-state index is 4.83. The molecule has 2 aliphatic carbocycles. The van der Waals surface area contributed by atoms with Gasteiger partial charge in [0.25, 0.3) is 0 Å². The van der Waals surface area contributed by atoms with Crippen LogP contribution in [-0.2, 0) is 0 Å². The first kappa shape index (κ1) is 14.6. The van der Waals surface area contributed by atoms with Crippen LogP contribution in [0.4, 0.5) is 11.6 Å². The van der Waals surface area contributed by atoms with Crippen molar-refractivity contribution in [1.82, 2.24) is 9.97 Å². The molecule has 1 aromatic rings. The molecule has 0 aromatic carbocycles. The third kappa shape index (κ3) is 3.47. The number of anilines is 2. The molecule has 21 heavy (non-hydrogen) atoms. The largest absolute Gasteiger partial charge is 0.370 e. The summed E-state index contributed by atoms with van der Waals surface area (Å²) in [6.45, 7) is 7.64. The second-order valence-electron chi connectivity index (χ2n) is 6.86. The highest BCUT2D eigenvalue weighted by Gasteiger charge is 2.29. The summed E-state index contributed by atoms with van der Waals surface area (Å²) in [6.07, 6.45) is 7.47. The fraction of sp³-hybridized carbons (Fsp3) is 0.765. The Bertz CT molecular complexity index is 496. The average Bonchev–Trinajstić information content (AvgIpc) is 3.23. The number of aromatic nitrogens is 2. The molecule has 0 spiro atoms. The van der Waals surface area contributed by atoms with Crippen LogP contribution in [0.25, 0.3) is 0 Å². The summed E-state index contributed by atoms with van der Waals surface area (Å²) in [5.74, 6) is 4.56. The van der Waals surface area contributed by atoms with E-state index in [1.165, 1.54) is 37.7 Å². The van der Waals surface area contributed by atoms with Crippen LogP contribution in [-0.4, -0.2) is 22.6 Å². The highest BCUT2D eigenvalue weighted by Crippen LogP contribution is 2.40. The molecule has 0 radical (unpaired) electrons.